The summed E-state index contributed by atoms with van der Waals surface area (Å²) in [5.74, 6) is -0.456. The first kappa shape index (κ1) is 14.6. The normalized spacial score (nSPS) is 19.4. The Morgan fingerprint density at radius 3 is 2.65 bits per heavy atom. The van der Waals surface area contributed by atoms with Crippen molar-refractivity contribution in [2.24, 2.45) is 0 Å². The van der Waals surface area contributed by atoms with Gasteiger partial charge in [0.25, 0.3) is 5.91 Å². The Balaban J connectivity index is 2.24. The smallest absolute Gasteiger partial charge is 0.399 e. The highest BCUT2D eigenvalue weighted by Crippen LogP contribution is 2.31. The number of alkyl halides is 3. The van der Waals surface area contributed by atoms with Crippen molar-refractivity contribution in [3.8, 4) is 0 Å². The van der Waals surface area contributed by atoms with E-state index in [1.54, 1.807) is 7.11 Å². The molecule has 1 aromatic carbocycles. The Labute approximate surface area is 114 Å². The molecule has 0 saturated carbocycles. The van der Waals surface area contributed by atoms with Gasteiger partial charge < -0.3 is 15.4 Å². The standard InChI is InChI=1S/C13H15F3N2O2/c1-20-11-2-3-18(7-11)12(19)8-4-9(13(14,15)16)6-10(17)5-8/h4-6,11H,2-3,7,17H2,1H3/t11-/m1/s1. The van der Waals surface area contributed by atoms with Gasteiger partial charge >= 0.3 is 6.18 Å². The third-order valence-electron chi connectivity index (χ3n) is 3.30. The lowest BCUT2D eigenvalue weighted by atomic mass is 10.1. The van der Waals surface area contributed by atoms with Gasteiger partial charge in [0.2, 0.25) is 0 Å². The number of carbonyl (C=O) groups excluding carboxylic acids is 1. The first-order valence-electron chi connectivity index (χ1n) is 6.11. The summed E-state index contributed by atoms with van der Waals surface area (Å²) in [4.78, 5) is 13.7. The van der Waals surface area contributed by atoms with E-state index < -0.39 is 17.6 Å². The maximum Gasteiger partial charge on any atom is 0.416 e. The number of amides is 1. The third kappa shape index (κ3) is 3.04. The molecule has 0 spiro atoms. The molecule has 2 rings (SSSR count). The molecule has 0 aliphatic carbocycles. The summed E-state index contributed by atoms with van der Waals surface area (Å²) >= 11 is 0. The van der Waals surface area contributed by atoms with Gasteiger partial charge in [-0.15, -0.1) is 0 Å². The molecule has 0 aromatic heterocycles. The number of ether oxygens (including phenoxy) is 1. The number of nitrogen functional groups attached to an aromatic ring is 1. The van der Waals surface area contributed by atoms with E-state index in [0.717, 1.165) is 12.1 Å². The lowest BCUT2D eigenvalue weighted by Crippen LogP contribution is -2.30. The molecular formula is C13H15F3N2O2. The highest BCUT2D eigenvalue weighted by Gasteiger charge is 2.33. The van der Waals surface area contributed by atoms with Crippen molar-refractivity contribution >= 4 is 11.6 Å². The number of carbonyl (C=O) groups is 1. The van der Waals surface area contributed by atoms with Crippen LogP contribution in [0.4, 0.5) is 18.9 Å². The molecule has 1 fully saturated rings. The van der Waals surface area contributed by atoms with Gasteiger partial charge in [0.05, 0.1) is 11.7 Å². The van der Waals surface area contributed by atoms with Gasteiger partial charge in [-0.3, -0.25) is 4.79 Å². The predicted octanol–water partition coefficient (Wildman–Crippen LogP) is 2.15. The Morgan fingerprint density at radius 2 is 2.10 bits per heavy atom. The molecule has 20 heavy (non-hydrogen) atoms. The van der Waals surface area contributed by atoms with Crippen LogP contribution in [0.5, 0.6) is 0 Å². The number of rotatable bonds is 2. The summed E-state index contributed by atoms with van der Waals surface area (Å²) in [5.41, 5.74) is 4.41. The van der Waals surface area contributed by atoms with Crippen LogP contribution in [0.25, 0.3) is 0 Å². The van der Waals surface area contributed by atoms with Crippen LogP contribution in [0.3, 0.4) is 0 Å². The number of hydrogen-bond acceptors (Lipinski definition) is 3. The second kappa shape index (κ2) is 5.32. The van der Waals surface area contributed by atoms with Gasteiger partial charge in [0.15, 0.2) is 0 Å². The number of nitrogens with two attached hydrogens (primary N) is 1. The zero-order chi connectivity index (χ0) is 14.9. The third-order valence-corrected chi connectivity index (χ3v) is 3.30. The number of anilines is 1. The summed E-state index contributed by atoms with van der Waals surface area (Å²) < 4.78 is 43.2. The summed E-state index contributed by atoms with van der Waals surface area (Å²) in [5, 5.41) is 0. The van der Waals surface area contributed by atoms with Crippen LogP contribution >= 0.6 is 0 Å². The highest BCUT2D eigenvalue weighted by molar-refractivity contribution is 5.95. The summed E-state index contributed by atoms with van der Waals surface area (Å²) in [6, 6.07) is 2.91. The first-order valence-corrected chi connectivity index (χ1v) is 6.11. The second-order valence-electron chi connectivity index (χ2n) is 4.74. The van der Waals surface area contributed by atoms with Gasteiger partial charge in [-0.05, 0) is 24.6 Å². The SMILES string of the molecule is CO[C@@H]1CCN(C(=O)c2cc(N)cc(C(F)(F)F)c2)C1. The monoisotopic (exact) mass is 288 g/mol. The van der Waals surface area contributed by atoms with E-state index in [0.29, 0.717) is 19.5 Å². The molecule has 2 N–H and O–H groups in total. The van der Waals surface area contributed by atoms with Gasteiger partial charge in [-0.2, -0.15) is 13.2 Å². The molecule has 1 aliphatic heterocycles. The molecule has 7 heteroatoms. The number of hydrogen-bond donors (Lipinski definition) is 1. The number of nitrogens with zero attached hydrogens (tertiary/aromatic N) is 1. The fourth-order valence-electron chi connectivity index (χ4n) is 2.23. The zero-order valence-electron chi connectivity index (χ0n) is 10.9. The number of methoxy groups -OCH3 is 1. The van der Waals surface area contributed by atoms with E-state index >= 15 is 0 Å². The average molecular weight is 288 g/mol. The number of halogens is 3. The molecule has 1 aromatic rings. The van der Waals surface area contributed by atoms with Crippen molar-refractivity contribution in [2.75, 3.05) is 25.9 Å². The predicted molar refractivity (Wildman–Crippen MR) is 67.2 cm³/mol. The van der Waals surface area contributed by atoms with Crippen molar-refractivity contribution in [2.45, 2.75) is 18.7 Å². The van der Waals surface area contributed by atoms with Gasteiger partial charge in [0, 0.05) is 31.5 Å². The van der Waals surface area contributed by atoms with Gasteiger partial charge in [-0.25, -0.2) is 0 Å². The molecule has 1 amide bonds. The van der Waals surface area contributed by atoms with Gasteiger partial charge in [-0.1, -0.05) is 0 Å². The first-order chi connectivity index (χ1) is 9.31. The minimum Gasteiger partial charge on any atom is -0.399 e. The largest absolute Gasteiger partial charge is 0.416 e. The van der Waals surface area contributed by atoms with Crippen molar-refractivity contribution in [1.82, 2.24) is 4.90 Å². The highest BCUT2D eigenvalue weighted by atomic mass is 19.4. The Kier molecular flexibility index (Phi) is 3.89. The molecule has 1 saturated heterocycles. The fourth-order valence-corrected chi connectivity index (χ4v) is 2.23. The van der Waals surface area contributed by atoms with E-state index in [1.807, 2.05) is 0 Å². The second-order valence-corrected chi connectivity index (χ2v) is 4.74. The maximum atomic E-state index is 12.7. The molecule has 1 atom stereocenters. The lowest BCUT2D eigenvalue weighted by molar-refractivity contribution is -0.137. The molecule has 1 heterocycles. The molecule has 1 aliphatic rings. The Bertz CT molecular complexity index is 517. The van der Waals surface area contributed by atoms with Crippen LogP contribution in [0.1, 0.15) is 22.3 Å². The molecular weight excluding hydrogens is 273 g/mol. The van der Waals surface area contributed by atoms with Crippen LogP contribution in [0.15, 0.2) is 18.2 Å². The lowest BCUT2D eigenvalue weighted by Gasteiger charge is -2.17. The van der Waals surface area contributed by atoms with Crippen LogP contribution in [0.2, 0.25) is 0 Å². The Morgan fingerprint density at radius 1 is 1.40 bits per heavy atom. The molecule has 110 valence electrons. The Hall–Kier alpha value is -1.76. The minimum atomic E-state index is -4.52. The van der Waals surface area contributed by atoms with Crippen molar-refractivity contribution < 1.29 is 22.7 Å². The topological polar surface area (TPSA) is 55.6 Å². The number of likely N-dealkylation sites (tertiary alicyclic amines) is 1. The van der Waals surface area contributed by atoms with Crippen LogP contribution in [0, 0.1) is 0 Å². The maximum absolute atomic E-state index is 12.7. The number of benzene rings is 1. The molecule has 0 bridgehead atoms. The summed E-state index contributed by atoms with van der Waals surface area (Å²) in [6.07, 6.45) is -3.91. The van der Waals surface area contributed by atoms with E-state index in [4.69, 9.17) is 10.5 Å². The molecule has 0 radical (unpaired) electrons. The molecule has 0 unspecified atom stereocenters. The van der Waals surface area contributed by atoms with Gasteiger partial charge in [0.1, 0.15) is 0 Å². The minimum absolute atomic E-state index is 0.0471. The van der Waals surface area contributed by atoms with Crippen molar-refractivity contribution in [3.63, 3.8) is 0 Å². The quantitative estimate of drug-likeness (QED) is 0.848. The average Bonchev–Trinajstić information content (AvgIpc) is 2.84. The zero-order valence-corrected chi connectivity index (χ0v) is 10.9. The molecule has 4 nitrogen and oxygen atoms in total. The van der Waals surface area contributed by atoms with Crippen LogP contribution in [-0.4, -0.2) is 37.1 Å². The van der Waals surface area contributed by atoms with Crippen LogP contribution in [-0.2, 0) is 10.9 Å². The summed E-state index contributed by atoms with van der Waals surface area (Å²) in [7, 11) is 1.54. The van der Waals surface area contributed by atoms with E-state index in [-0.39, 0.29) is 17.4 Å². The van der Waals surface area contributed by atoms with E-state index in [9.17, 15) is 18.0 Å². The summed E-state index contributed by atoms with van der Waals surface area (Å²) in [6.45, 7) is 0.846. The van der Waals surface area contributed by atoms with E-state index in [2.05, 4.69) is 0 Å². The fraction of sp³-hybridized carbons (Fsp3) is 0.462. The van der Waals surface area contributed by atoms with Crippen molar-refractivity contribution in [3.05, 3.63) is 29.3 Å². The van der Waals surface area contributed by atoms with Crippen molar-refractivity contribution in [1.29, 1.82) is 0 Å². The van der Waals surface area contributed by atoms with E-state index in [1.165, 1.54) is 11.0 Å². The van der Waals surface area contributed by atoms with Crippen LogP contribution < -0.4 is 5.73 Å².